The Morgan fingerprint density at radius 1 is 1.05 bits per heavy atom. The summed E-state index contributed by atoms with van der Waals surface area (Å²) in [6.45, 7) is 0. The van der Waals surface area contributed by atoms with Gasteiger partial charge in [-0.1, -0.05) is 23.2 Å². The Morgan fingerprint density at radius 2 is 1.86 bits per heavy atom. The summed E-state index contributed by atoms with van der Waals surface area (Å²) in [6, 6.07) is 10.0. The lowest BCUT2D eigenvalue weighted by atomic mass is 10.2. The largest absolute Gasteiger partial charge is 0.353 e. The zero-order valence-corrected chi connectivity index (χ0v) is 13.5. The van der Waals surface area contributed by atoms with Crippen LogP contribution in [0.3, 0.4) is 0 Å². The van der Waals surface area contributed by atoms with Crippen LogP contribution < -0.4 is 10.2 Å². The molecule has 2 nitrogen and oxygen atoms in total. The van der Waals surface area contributed by atoms with Crippen LogP contribution in [0.25, 0.3) is 10.1 Å². The third-order valence-corrected chi connectivity index (χ3v) is 4.84. The van der Waals surface area contributed by atoms with Gasteiger partial charge in [-0.05, 0) is 36.4 Å². The molecule has 1 aromatic heterocycles. The molecule has 0 unspecified atom stereocenters. The Labute approximate surface area is 139 Å². The Kier molecular flexibility index (Phi) is 4.13. The van der Waals surface area contributed by atoms with E-state index in [9.17, 15) is 4.39 Å². The second kappa shape index (κ2) is 5.89. The average molecular weight is 362 g/mol. The normalized spacial score (nSPS) is 10.9. The molecule has 2 aromatic carbocycles. The second-order valence-corrected chi connectivity index (χ2v) is 6.38. The lowest BCUT2D eigenvalue weighted by Crippen LogP contribution is -1.92. The van der Waals surface area contributed by atoms with Crippen LogP contribution in [0.15, 0.2) is 36.4 Å². The molecule has 0 fully saturated rings. The van der Waals surface area contributed by atoms with Crippen molar-refractivity contribution in [2.24, 2.45) is 0 Å². The first-order valence-electron chi connectivity index (χ1n) is 5.89. The summed E-state index contributed by atoms with van der Waals surface area (Å²) in [5.41, 5.74) is 1.43. The van der Waals surface area contributed by atoms with Crippen molar-refractivity contribution in [3.63, 3.8) is 0 Å². The van der Waals surface area contributed by atoms with E-state index < -0.39 is 5.82 Å². The molecule has 7 heteroatoms. The summed E-state index contributed by atoms with van der Waals surface area (Å²) >= 11 is 19.1. The molecule has 0 aliphatic carbocycles. The Balaban J connectivity index is 2.09. The highest BCUT2D eigenvalue weighted by molar-refractivity contribution is 7.24. The maximum atomic E-state index is 13.2. The van der Waals surface area contributed by atoms with Crippen LogP contribution in [0.4, 0.5) is 20.8 Å². The molecule has 0 spiro atoms. The van der Waals surface area contributed by atoms with Gasteiger partial charge in [-0.3, -0.25) is 4.84 Å². The number of hydrogen-bond acceptors (Lipinski definition) is 3. The summed E-state index contributed by atoms with van der Waals surface area (Å²) in [6.07, 6.45) is 0. The van der Waals surface area contributed by atoms with Gasteiger partial charge in [-0.2, -0.15) is 0 Å². The van der Waals surface area contributed by atoms with Gasteiger partial charge in [0, 0.05) is 32.6 Å². The molecule has 21 heavy (non-hydrogen) atoms. The van der Waals surface area contributed by atoms with Crippen LogP contribution in [-0.4, -0.2) is 0 Å². The molecular weight excluding hydrogens is 354 g/mol. The fourth-order valence-electron chi connectivity index (χ4n) is 1.98. The molecule has 0 saturated carbocycles. The Morgan fingerprint density at radius 3 is 2.57 bits per heavy atom. The van der Waals surface area contributed by atoms with E-state index in [0.29, 0.717) is 10.7 Å². The molecule has 0 atom stereocenters. The highest BCUT2D eigenvalue weighted by Crippen LogP contribution is 2.43. The van der Waals surface area contributed by atoms with Gasteiger partial charge in [0.05, 0.1) is 10.7 Å². The van der Waals surface area contributed by atoms with Crippen LogP contribution in [0.5, 0.6) is 0 Å². The van der Waals surface area contributed by atoms with E-state index in [0.717, 1.165) is 20.8 Å². The van der Waals surface area contributed by atoms with E-state index in [1.54, 1.807) is 6.07 Å². The first-order chi connectivity index (χ1) is 10.1. The highest BCUT2D eigenvalue weighted by atomic mass is 35.5. The zero-order valence-electron chi connectivity index (χ0n) is 10.4. The number of hydrogen-bond donors (Lipinski definition) is 2. The SMILES string of the molecule is Fc1ccc(Nc2c(NCl)sc3ccc(Cl)cc23)cc1Cl. The van der Waals surface area contributed by atoms with Gasteiger partial charge < -0.3 is 5.32 Å². The molecule has 0 radical (unpaired) electrons. The van der Waals surface area contributed by atoms with E-state index >= 15 is 0 Å². The van der Waals surface area contributed by atoms with Crippen molar-refractivity contribution in [1.29, 1.82) is 0 Å². The highest BCUT2D eigenvalue weighted by Gasteiger charge is 2.13. The molecule has 1 heterocycles. The summed E-state index contributed by atoms with van der Waals surface area (Å²) < 4.78 is 14.2. The van der Waals surface area contributed by atoms with Crippen LogP contribution >= 0.6 is 46.3 Å². The van der Waals surface area contributed by atoms with Crippen LogP contribution in [0, 0.1) is 5.82 Å². The molecule has 3 rings (SSSR count). The van der Waals surface area contributed by atoms with E-state index in [-0.39, 0.29) is 5.02 Å². The van der Waals surface area contributed by atoms with Gasteiger partial charge >= 0.3 is 0 Å². The number of benzene rings is 2. The van der Waals surface area contributed by atoms with Crippen molar-refractivity contribution >= 4 is 72.8 Å². The van der Waals surface area contributed by atoms with Gasteiger partial charge in [0.2, 0.25) is 0 Å². The van der Waals surface area contributed by atoms with E-state index in [1.807, 2.05) is 18.2 Å². The van der Waals surface area contributed by atoms with Gasteiger partial charge in [0.1, 0.15) is 10.8 Å². The smallest absolute Gasteiger partial charge is 0.141 e. The van der Waals surface area contributed by atoms with E-state index in [2.05, 4.69) is 10.2 Å². The van der Waals surface area contributed by atoms with Crippen molar-refractivity contribution < 1.29 is 4.39 Å². The molecule has 3 aromatic rings. The third kappa shape index (κ3) is 2.90. The second-order valence-electron chi connectivity index (χ2n) is 4.30. The van der Waals surface area contributed by atoms with Gasteiger partial charge in [-0.25, -0.2) is 4.39 Å². The van der Waals surface area contributed by atoms with Crippen molar-refractivity contribution in [1.82, 2.24) is 0 Å². The molecule has 0 aliphatic rings. The first-order valence-corrected chi connectivity index (χ1v) is 7.84. The molecule has 0 saturated heterocycles. The summed E-state index contributed by atoms with van der Waals surface area (Å²) in [5.74, 6) is -0.462. The van der Waals surface area contributed by atoms with Gasteiger partial charge in [0.25, 0.3) is 0 Å². The quantitative estimate of drug-likeness (QED) is 0.510. The summed E-state index contributed by atoms with van der Waals surface area (Å²) in [7, 11) is 0. The molecular formula is C14H8Cl3FN2S. The number of rotatable bonds is 3. The van der Waals surface area contributed by atoms with Crippen LogP contribution in [0.2, 0.25) is 10.0 Å². The minimum atomic E-state index is -0.462. The minimum absolute atomic E-state index is 0.0537. The number of thiophene rings is 1. The van der Waals surface area contributed by atoms with Crippen LogP contribution in [-0.2, 0) is 0 Å². The Bertz CT molecular complexity index is 819. The molecule has 108 valence electrons. The lowest BCUT2D eigenvalue weighted by Gasteiger charge is -2.08. The predicted molar refractivity (Wildman–Crippen MR) is 91.0 cm³/mol. The molecule has 2 N–H and O–H groups in total. The van der Waals surface area contributed by atoms with Crippen molar-refractivity contribution in [3.05, 3.63) is 52.3 Å². The number of nitrogens with one attached hydrogen (secondary N) is 2. The first kappa shape index (κ1) is 14.7. The average Bonchev–Trinajstić information content (AvgIpc) is 2.80. The zero-order chi connectivity index (χ0) is 15.0. The standard InChI is InChI=1S/C14H8Cl3FN2S/c15-7-1-4-12-9(5-7)13(14(20-17)21-12)19-8-2-3-11(18)10(16)6-8/h1-6,19-20H. The van der Waals surface area contributed by atoms with E-state index in [4.69, 9.17) is 35.0 Å². The Hall–Kier alpha value is -1.20. The van der Waals surface area contributed by atoms with E-state index in [1.165, 1.54) is 23.5 Å². The van der Waals surface area contributed by atoms with Crippen molar-refractivity contribution in [3.8, 4) is 0 Å². The summed E-state index contributed by atoms with van der Waals surface area (Å²) in [4.78, 5) is 2.63. The molecule has 0 bridgehead atoms. The maximum Gasteiger partial charge on any atom is 0.141 e. The fourth-order valence-corrected chi connectivity index (χ4v) is 3.47. The van der Waals surface area contributed by atoms with Crippen LogP contribution in [0.1, 0.15) is 0 Å². The van der Waals surface area contributed by atoms with Gasteiger partial charge in [-0.15, -0.1) is 11.3 Å². The molecule has 0 aliphatic heterocycles. The third-order valence-electron chi connectivity index (χ3n) is 2.92. The topological polar surface area (TPSA) is 24.1 Å². The lowest BCUT2D eigenvalue weighted by molar-refractivity contribution is 0.628. The maximum absolute atomic E-state index is 13.2. The number of anilines is 3. The van der Waals surface area contributed by atoms with Crippen molar-refractivity contribution in [2.45, 2.75) is 0 Å². The minimum Gasteiger partial charge on any atom is -0.353 e. The number of fused-ring (bicyclic) bond motifs is 1. The van der Waals surface area contributed by atoms with Gasteiger partial charge in [0.15, 0.2) is 0 Å². The fraction of sp³-hybridized carbons (Fsp3) is 0. The monoisotopic (exact) mass is 360 g/mol. The predicted octanol–water partition coefficient (Wildman–Crippen LogP) is 6.66. The number of halogens is 4. The summed E-state index contributed by atoms with van der Waals surface area (Å²) in [5, 5.41) is 5.55. The molecule has 0 amide bonds. The van der Waals surface area contributed by atoms with Crippen molar-refractivity contribution in [2.75, 3.05) is 10.2 Å².